The second kappa shape index (κ2) is 8.68. The molecule has 35 heavy (non-hydrogen) atoms. The van der Waals surface area contributed by atoms with E-state index in [0.717, 1.165) is 16.5 Å². The Bertz CT molecular complexity index is 1510. The smallest absolute Gasteiger partial charge is 0.343 e. The lowest BCUT2D eigenvalue weighted by molar-refractivity contribution is 0.0732. The predicted molar refractivity (Wildman–Crippen MR) is 132 cm³/mol. The van der Waals surface area contributed by atoms with Gasteiger partial charge in [-0.15, -0.1) is 0 Å². The van der Waals surface area contributed by atoms with E-state index in [-0.39, 0.29) is 17.1 Å². The third-order valence-corrected chi connectivity index (χ3v) is 6.04. The summed E-state index contributed by atoms with van der Waals surface area (Å²) in [6.45, 7) is 1.75. The fraction of sp³-hybridized carbons (Fsp3) is 0.143. The first-order valence-electron chi connectivity index (χ1n) is 11.0. The molecule has 0 amide bonds. The number of allylic oxidation sites excluding steroid dienone is 1. The number of carbonyl (C=O) groups is 2. The molecule has 0 spiro atoms. The molecule has 0 saturated carbocycles. The molecule has 0 fully saturated rings. The third kappa shape index (κ3) is 3.91. The number of para-hydroxylation sites is 1. The van der Waals surface area contributed by atoms with Gasteiger partial charge >= 0.3 is 5.97 Å². The zero-order chi connectivity index (χ0) is 24.7. The van der Waals surface area contributed by atoms with Crippen LogP contribution in [0.2, 0.25) is 0 Å². The first kappa shape index (κ1) is 22.3. The highest BCUT2D eigenvalue weighted by molar-refractivity contribution is 6.15. The van der Waals surface area contributed by atoms with E-state index >= 15 is 0 Å². The average Bonchev–Trinajstić information content (AvgIpc) is 3.37. The number of methoxy groups -OCH3 is 2. The molecular weight excluding hydrogens is 446 g/mol. The molecule has 0 N–H and O–H groups in total. The molecule has 1 aliphatic heterocycles. The Morgan fingerprint density at radius 3 is 2.43 bits per heavy atom. The summed E-state index contributed by atoms with van der Waals surface area (Å²) in [5.41, 5.74) is 3.20. The number of benzene rings is 3. The Morgan fingerprint density at radius 2 is 1.71 bits per heavy atom. The van der Waals surface area contributed by atoms with Crippen LogP contribution >= 0.6 is 0 Å². The number of nitrogens with zero attached hydrogens (tertiary/aromatic N) is 1. The number of ketones is 1. The molecule has 0 atom stereocenters. The Kier molecular flexibility index (Phi) is 5.53. The van der Waals surface area contributed by atoms with Crippen molar-refractivity contribution in [2.45, 2.75) is 6.92 Å². The van der Waals surface area contributed by atoms with E-state index in [1.54, 1.807) is 43.3 Å². The molecule has 0 aliphatic carbocycles. The SMILES string of the molecule is COc1cc(OC)cc(C(=O)Oc2ccc3c(c2C)O/C(=C/c2cn(C)c4ccccc24)C3=O)c1. The molecule has 0 saturated heterocycles. The maximum atomic E-state index is 13.1. The van der Waals surface area contributed by atoms with Crippen molar-refractivity contribution in [1.82, 2.24) is 4.57 Å². The van der Waals surface area contributed by atoms with Gasteiger partial charge in [-0.05, 0) is 43.3 Å². The molecule has 7 nitrogen and oxygen atoms in total. The van der Waals surface area contributed by atoms with Gasteiger partial charge in [-0.2, -0.15) is 0 Å². The highest BCUT2D eigenvalue weighted by atomic mass is 16.5. The lowest BCUT2D eigenvalue weighted by Gasteiger charge is -2.11. The Labute approximate surface area is 202 Å². The van der Waals surface area contributed by atoms with Gasteiger partial charge in [-0.1, -0.05) is 18.2 Å². The molecule has 1 aromatic heterocycles. The molecule has 0 bridgehead atoms. The van der Waals surface area contributed by atoms with Crippen LogP contribution in [0.15, 0.2) is 66.6 Å². The lowest BCUT2D eigenvalue weighted by Crippen LogP contribution is -2.10. The van der Waals surface area contributed by atoms with E-state index in [1.165, 1.54) is 14.2 Å². The maximum Gasteiger partial charge on any atom is 0.343 e. The number of Topliss-reactive ketones (excluding diaryl/α,β-unsaturated/α-hetero) is 1. The van der Waals surface area contributed by atoms with E-state index in [2.05, 4.69) is 0 Å². The van der Waals surface area contributed by atoms with Crippen molar-refractivity contribution in [3.05, 3.63) is 88.8 Å². The maximum absolute atomic E-state index is 13.1. The minimum Gasteiger partial charge on any atom is -0.497 e. The molecule has 5 rings (SSSR count). The quantitative estimate of drug-likeness (QED) is 0.223. The van der Waals surface area contributed by atoms with Crippen LogP contribution in [-0.4, -0.2) is 30.5 Å². The number of ether oxygens (including phenoxy) is 4. The standard InChI is InChI=1S/C28H23NO6/c1-16-24(35-28(31)17-11-19(32-3)14-20(12-17)33-4)10-9-22-26(30)25(34-27(16)22)13-18-15-29(2)23-8-6-5-7-21(18)23/h5-15H,1-4H3/b25-13+. The largest absolute Gasteiger partial charge is 0.497 e. The van der Waals surface area contributed by atoms with Crippen molar-refractivity contribution >= 4 is 28.7 Å². The summed E-state index contributed by atoms with van der Waals surface area (Å²) >= 11 is 0. The Morgan fingerprint density at radius 1 is 1.00 bits per heavy atom. The van der Waals surface area contributed by atoms with Crippen molar-refractivity contribution in [2.24, 2.45) is 7.05 Å². The number of hydrogen-bond donors (Lipinski definition) is 0. The van der Waals surface area contributed by atoms with Crippen LogP contribution in [0, 0.1) is 6.92 Å². The molecule has 3 aromatic carbocycles. The zero-order valence-corrected chi connectivity index (χ0v) is 19.7. The van der Waals surface area contributed by atoms with Crippen LogP contribution in [0.25, 0.3) is 17.0 Å². The van der Waals surface area contributed by atoms with Gasteiger partial charge in [-0.3, -0.25) is 4.79 Å². The average molecular weight is 469 g/mol. The molecule has 0 unspecified atom stereocenters. The van der Waals surface area contributed by atoms with Gasteiger partial charge in [0, 0.05) is 41.3 Å². The second-order valence-corrected chi connectivity index (χ2v) is 8.21. The van der Waals surface area contributed by atoms with Crippen molar-refractivity contribution in [3.8, 4) is 23.0 Å². The van der Waals surface area contributed by atoms with Gasteiger partial charge in [-0.25, -0.2) is 4.79 Å². The summed E-state index contributed by atoms with van der Waals surface area (Å²) in [4.78, 5) is 25.9. The number of carbonyl (C=O) groups excluding carboxylic acids is 2. The lowest BCUT2D eigenvalue weighted by atomic mass is 10.1. The summed E-state index contributed by atoms with van der Waals surface area (Å²) in [7, 11) is 4.97. The van der Waals surface area contributed by atoms with Gasteiger partial charge < -0.3 is 23.5 Å². The van der Waals surface area contributed by atoms with Crippen LogP contribution in [0.1, 0.15) is 31.8 Å². The number of esters is 1. The van der Waals surface area contributed by atoms with Crippen LogP contribution < -0.4 is 18.9 Å². The van der Waals surface area contributed by atoms with Crippen molar-refractivity contribution in [1.29, 1.82) is 0 Å². The monoisotopic (exact) mass is 469 g/mol. The minimum atomic E-state index is -0.582. The van der Waals surface area contributed by atoms with Gasteiger partial charge in [0.1, 0.15) is 23.0 Å². The van der Waals surface area contributed by atoms with Crippen LogP contribution in [0.3, 0.4) is 0 Å². The topological polar surface area (TPSA) is 76.0 Å². The highest BCUT2D eigenvalue weighted by Crippen LogP contribution is 2.40. The van der Waals surface area contributed by atoms with Crippen molar-refractivity contribution < 1.29 is 28.5 Å². The third-order valence-electron chi connectivity index (χ3n) is 6.04. The van der Waals surface area contributed by atoms with Gasteiger partial charge in [0.05, 0.1) is 25.3 Å². The van der Waals surface area contributed by atoms with Gasteiger partial charge in [0.2, 0.25) is 5.78 Å². The van der Waals surface area contributed by atoms with E-state index in [1.807, 2.05) is 42.1 Å². The number of fused-ring (bicyclic) bond motifs is 2. The molecule has 7 heteroatoms. The summed E-state index contributed by atoms with van der Waals surface area (Å²) in [6.07, 6.45) is 3.71. The first-order valence-corrected chi connectivity index (χ1v) is 11.0. The van der Waals surface area contributed by atoms with Gasteiger partial charge in [0.25, 0.3) is 0 Å². The van der Waals surface area contributed by atoms with Crippen LogP contribution in [0.5, 0.6) is 23.0 Å². The summed E-state index contributed by atoms with van der Waals surface area (Å²) < 4.78 is 24.1. The number of hydrogen-bond acceptors (Lipinski definition) is 6. The second-order valence-electron chi connectivity index (χ2n) is 8.21. The highest BCUT2D eigenvalue weighted by Gasteiger charge is 2.31. The fourth-order valence-electron chi connectivity index (χ4n) is 4.19. The fourth-order valence-corrected chi connectivity index (χ4v) is 4.19. The summed E-state index contributed by atoms with van der Waals surface area (Å²) in [5, 5.41) is 1.02. The van der Waals surface area contributed by atoms with E-state index in [4.69, 9.17) is 18.9 Å². The minimum absolute atomic E-state index is 0.216. The zero-order valence-electron chi connectivity index (χ0n) is 19.7. The van der Waals surface area contributed by atoms with Crippen molar-refractivity contribution in [3.63, 3.8) is 0 Å². The number of aromatic nitrogens is 1. The first-order chi connectivity index (χ1) is 16.9. The van der Waals surface area contributed by atoms with E-state index in [0.29, 0.717) is 34.1 Å². The normalized spacial score (nSPS) is 13.6. The number of aryl methyl sites for hydroxylation is 1. The predicted octanol–water partition coefficient (Wildman–Crippen LogP) is 5.34. The molecule has 176 valence electrons. The van der Waals surface area contributed by atoms with Crippen LogP contribution in [-0.2, 0) is 7.05 Å². The molecule has 2 heterocycles. The van der Waals surface area contributed by atoms with E-state index in [9.17, 15) is 9.59 Å². The summed E-state index contributed by atoms with van der Waals surface area (Å²) in [5.74, 6) is 1.05. The van der Waals surface area contributed by atoms with Gasteiger partial charge in [0.15, 0.2) is 5.76 Å². The Hall–Kier alpha value is -4.52. The number of rotatable bonds is 5. The van der Waals surface area contributed by atoms with Crippen LogP contribution in [0.4, 0.5) is 0 Å². The molecule has 4 aromatic rings. The van der Waals surface area contributed by atoms with E-state index < -0.39 is 5.97 Å². The van der Waals surface area contributed by atoms with Crippen molar-refractivity contribution in [2.75, 3.05) is 14.2 Å². The molecule has 0 radical (unpaired) electrons. The molecule has 1 aliphatic rings. The Balaban J connectivity index is 1.45. The molecular formula is C28H23NO6. The summed E-state index contributed by atoms with van der Waals surface area (Å²) in [6, 6.07) is 16.0.